The second kappa shape index (κ2) is 5.41. The summed E-state index contributed by atoms with van der Waals surface area (Å²) in [5, 5.41) is 1.54. The summed E-state index contributed by atoms with van der Waals surface area (Å²) in [7, 11) is 0. The second-order valence-electron chi connectivity index (χ2n) is 4.79. The average molecular weight is 337 g/mol. The first-order valence-electron chi connectivity index (χ1n) is 6.32. The summed E-state index contributed by atoms with van der Waals surface area (Å²) in [5.74, 6) is 0. The van der Waals surface area contributed by atoms with Crippen molar-refractivity contribution in [2.24, 2.45) is 0 Å². The molecule has 0 fully saturated rings. The van der Waals surface area contributed by atoms with Crippen molar-refractivity contribution in [3.05, 3.63) is 62.0 Å². The van der Waals surface area contributed by atoms with Gasteiger partial charge in [-0.3, -0.25) is 0 Å². The van der Waals surface area contributed by atoms with Crippen molar-refractivity contribution in [2.45, 2.75) is 13.3 Å². The summed E-state index contributed by atoms with van der Waals surface area (Å²) in [6, 6.07) is 3.30. The minimum Gasteiger partial charge on any atom is -0.421 e. The first-order valence-corrected chi connectivity index (χ1v) is 7.48. The van der Waals surface area contributed by atoms with Crippen molar-refractivity contribution in [3.8, 4) is 0 Å². The van der Waals surface area contributed by atoms with Crippen LogP contribution in [0.1, 0.15) is 17.5 Å². The van der Waals surface area contributed by atoms with Gasteiger partial charge in [0.15, 0.2) is 5.58 Å². The van der Waals surface area contributed by atoms with Gasteiger partial charge in [-0.2, -0.15) is 0 Å². The molecule has 0 radical (unpaired) electrons. The average Bonchev–Trinajstić information content (AvgIpc) is 2.42. The van der Waals surface area contributed by atoms with Gasteiger partial charge in [0.25, 0.3) is 0 Å². The molecule has 0 aliphatic heterocycles. The first kappa shape index (κ1) is 14.5. The van der Waals surface area contributed by atoms with Crippen molar-refractivity contribution >= 4 is 56.8 Å². The van der Waals surface area contributed by atoms with Crippen LogP contribution in [0.15, 0.2) is 39.6 Å². The van der Waals surface area contributed by atoms with Gasteiger partial charge in [0.05, 0.1) is 10.6 Å². The van der Waals surface area contributed by atoms with Gasteiger partial charge in [-0.25, -0.2) is 4.79 Å². The van der Waals surface area contributed by atoms with E-state index in [1.807, 2.05) is 25.2 Å². The van der Waals surface area contributed by atoms with Gasteiger partial charge in [-0.1, -0.05) is 53.6 Å². The number of fused-ring (bicyclic) bond motifs is 1. The Labute approximate surface area is 136 Å². The fourth-order valence-corrected chi connectivity index (χ4v) is 3.25. The van der Waals surface area contributed by atoms with Crippen LogP contribution in [0.2, 0.25) is 10.0 Å². The van der Waals surface area contributed by atoms with E-state index in [0.29, 0.717) is 27.6 Å². The van der Waals surface area contributed by atoms with Crippen molar-refractivity contribution in [2.75, 3.05) is 0 Å². The maximum atomic E-state index is 12.4. The van der Waals surface area contributed by atoms with E-state index in [1.165, 1.54) is 0 Å². The third-order valence-electron chi connectivity index (χ3n) is 3.46. The van der Waals surface area contributed by atoms with Gasteiger partial charge in [-0.15, -0.1) is 0 Å². The highest BCUT2D eigenvalue weighted by molar-refractivity contribution is 7.81. The molecule has 1 aromatic heterocycles. The van der Waals surface area contributed by atoms with E-state index in [9.17, 15) is 4.79 Å². The number of hydrogen-bond donors (Lipinski definition) is 0. The third kappa shape index (κ3) is 2.46. The summed E-state index contributed by atoms with van der Waals surface area (Å²) in [4.78, 5) is 13.1. The largest absolute Gasteiger partial charge is 0.421 e. The molecule has 106 valence electrons. The van der Waals surface area contributed by atoms with E-state index in [4.69, 9.17) is 39.8 Å². The maximum absolute atomic E-state index is 12.4. The molecule has 1 aliphatic carbocycles. The first-order chi connectivity index (χ1) is 9.99. The lowest BCUT2D eigenvalue weighted by atomic mass is 9.93. The van der Waals surface area contributed by atoms with Gasteiger partial charge in [0.2, 0.25) is 0 Å². The zero-order chi connectivity index (χ0) is 15.1. The molecule has 1 aromatic carbocycles. The Morgan fingerprint density at radius 1 is 1.29 bits per heavy atom. The summed E-state index contributed by atoms with van der Waals surface area (Å²) in [6.45, 7) is 1.85. The van der Waals surface area contributed by atoms with E-state index in [1.54, 1.807) is 12.1 Å². The van der Waals surface area contributed by atoms with E-state index in [0.717, 1.165) is 21.4 Å². The van der Waals surface area contributed by atoms with E-state index < -0.39 is 5.63 Å². The minimum absolute atomic E-state index is 0.323. The number of thiocarbonyl (C=S) groups is 1. The van der Waals surface area contributed by atoms with Crippen LogP contribution in [0.5, 0.6) is 0 Å². The van der Waals surface area contributed by atoms with Crippen LogP contribution in [-0.4, -0.2) is 4.86 Å². The third-order valence-corrected chi connectivity index (χ3v) is 4.34. The molecule has 0 N–H and O–H groups in total. The van der Waals surface area contributed by atoms with Crippen LogP contribution in [0, 0.1) is 6.92 Å². The molecule has 1 aliphatic rings. The molecule has 0 unspecified atom stereocenters. The Morgan fingerprint density at radius 2 is 2.05 bits per heavy atom. The van der Waals surface area contributed by atoms with E-state index >= 15 is 0 Å². The van der Waals surface area contributed by atoms with Gasteiger partial charge < -0.3 is 4.42 Å². The normalized spacial score (nSPS) is 14.6. The lowest BCUT2D eigenvalue weighted by Crippen LogP contribution is -2.14. The van der Waals surface area contributed by atoms with Crippen LogP contribution >= 0.6 is 35.4 Å². The molecule has 0 saturated heterocycles. The number of hydrogen-bond acceptors (Lipinski definition) is 3. The van der Waals surface area contributed by atoms with E-state index in [-0.39, 0.29) is 0 Å². The summed E-state index contributed by atoms with van der Waals surface area (Å²) >= 11 is 17.5. The van der Waals surface area contributed by atoms with Gasteiger partial charge in [0.1, 0.15) is 0 Å². The van der Waals surface area contributed by atoms with Gasteiger partial charge in [-0.05, 0) is 24.6 Å². The standard InChI is InChI=1S/C16H10Cl2O2S/c1-8-11-6-9(17)7-12(18)15(11)20-16(19)14(8)10-4-2-3-5-13(10)21/h2-4,6-7H,5H2,1H3. The predicted octanol–water partition coefficient (Wildman–Crippen LogP) is 5.12. The maximum Gasteiger partial charge on any atom is 0.344 e. The fraction of sp³-hybridized carbons (Fsp3) is 0.125. The molecule has 0 saturated carbocycles. The lowest BCUT2D eigenvalue weighted by molar-refractivity contribution is 0.558. The number of benzene rings is 1. The Bertz CT molecular complexity index is 891. The molecule has 0 spiro atoms. The van der Waals surface area contributed by atoms with Crippen LogP contribution in [0.3, 0.4) is 0 Å². The Morgan fingerprint density at radius 3 is 2.76 bits per heavy atom. The summed E-state index contributed by atoms with van der Waals surface area (Å²) in [5.41, 5.74) is 1.90. The van der Waals surface area contributed by atoms with Crippen molar-refractivity contribution in [3.63, 3.8) is 0 Å². The van der Waals surface area contributed by atoms with E-state index in [2.05, 4.69) is 0 Å². The number of rotatable bonds is 1. The van der Waals surface area contributed by atoms with Crippen molar-refractivity contribution in [1.29, 1.82) is 0 Å². The molecule has 2 nitrogen and oxygen atoms in total. The van der Waals surface area contributed by atoms with Crippen molar-refractivity contribution < 1.29 is 4.42 Å². The SMILES string of the molecule is Cc1c(C2=CC=CCC2=S)c(=O)oc2c(Cl)cc(Cl)cc12. The van der Waals surface area contributed by atoms with Crippen LogP contribution in [0.4, 0.5) is 0 Å². The molecule has 2 aromatic rings. The smallest absolute Gasteiger partial charge is 0.344 e. The monoisotopic (exact) mass is 336 g/mol. The fourth-order valence-electron chi connectivity index (χ4n) is 2.45. The highest BCUT2D eigenvalue weighted by Gasteiger charge is 2.20. The van der Waals surface area contributed by atoms with Gasteiger partial charge >= 0.3 is 5.63 Å². The predicted molar refractivity (Wildman–Crippen MR) is 91.6 cm³/mol. The quantitative estimate of drug-likeness (QED) is 0.534. The van der Waals surface area contributed by atoms with Crippen LogP contribution in [-0.2, 0) is 0 Å². The molecular weight excluding hydrogens is 327 g/mol. The number of aryl methyl sites for hydroxylation is 1. The molecule has 5 heteroatoms. The highest BCUT2D eigenvalue weighted by Crippen LogP contribution is 2.32. The highest BCUT2D eigenvalue weighted by atomic mass is 35.5. The zero-order valence-electron chi connectivity index (χ0n) is 11.1. The number of halogens is 2. The van der Waals surface area contributed by atoms with Crippen LogP contribution in [0.25, 0.3) is 16.5 Å². The van der Waals surface area contributed by atoms with Gasteiger partial charge in [0, 0.05) is 27.3 Å². The Kier molecular flexibility index (Phi) is 3.74. The van der Waals surface area contributed by atoms with Crippen molar-refractivity contribution in [1.82, 2.24) is 0 Å². The summed E-state index contributed by atoms with van der Waals surface area (Å²) in [6.07, 6.45) is 6.33. The van der Waals surface area contributed by atoms with Crippen LogP contribution < -0.4 is 5.63 Å². The molecule has 0 bridgehead atoms. The Balaban J connectivity index is 2.40. The zero-order valence-corrected chi connectivity index (χ0v) is 13.4. The second-order valence-corrected chi connectivity index (χ2v) is 6.13. The molecule has 21 heavy (non-hydrogen) atoms. The summed E-state index contributed by atoms with van der Waals surface area (Å²) < 4.78 is 5.39. The minimum atomic E-state index is -0.437. The molecule has 3 rings (SSSR count). The Hall–Kier alpha value is -1.42. The number of allylic oxidation sites excluding steroid dienone is 4. The molecular formula is C16H10Cl2O2S. The molecule has 0 atom stereocenters. The topological polar surface area (TPSA) is 30.2 Å². The molecule has 1 heterocycles. The lowest BCUT2D eigenvalue weighted by Gasteiger charge is -2.14. The molecule has 0 amide bonds.